The highest BCUT2D eigenvalue weighted by Crippen LogP contribution is 2.17. The lowest BCUT2D eigenvalue weighted by molar-refractivity contribution is -0.147. The van der Waals surface area contributed by atoms with E-state index in [1.165, 1.54) is 13.2 Å². The number of carbonyl (C=O) groups excluding carboxylic acids is 3. The predicted molar refractivity (Wildman–Crippen MR) is 72.2 cm³/mol. The lowest BCUT2D eigenvalue weighted by atomic mass is 10.0. The summed E-state index contributed by atoms with van der Waals surface area (Å²) < 4.78 is 0. The summed E-state index contributed by atoms with van der Waals surface area (Å²) in [5.41, 5.74) is 0.912. The molecule has 0 spiro atoms. The van der Waals surface area contributed by atoms with Gasteiger partial charge in [0.2, 0.25) is 5.91 Å². The van der Waals surface area contributed by atoms with Crippen LogP contribution in [0.25, 0.3) is 0 Å². The van der Waals surface area contributed by atoms with Gasteiger partial charge in [0.1, 0.15) is 6.04 Å². The van der Waals surface area contributed by atoms with E-state index < -0.39 is 17.9 Å². The summed E-state index contributed by atoms with van der Waals surface area (Å²) in [6.07, 6.45) is 1.90. The van der Waals surface area contributed by atoms with Gasteiger partial charge < -0.3 is 5.32 Å². The zero-order chi connectivity index (χ0) is 14.9. The molecule has 1 saturated heterocycles. The summed E-state index contributed by atoms with van der Waals surface area (Å²) in [5, 5.41) is 2.87. The second kappa shape index (κ2) is 5.58. The van der Waals surface area contributed by atoms with Gasteiger partial charge in [0.25, 0.3) is 11.8 Å². The molecule has 1 unspecified atom stereocenters. The first-order valence-electron chi connectivity index (χ1n) is 6.13. The molecule has 0 aliphatic carbocycles. The Morgan fingerprint density at radius 2 is 2.20 bits per heavy atom. The van der Waals surface area contributed by atoms with Crippen molar-refractivity contribution in [2.45, 2.75) is 25.8 Å². The summed E-state index contributed by atoms with van der Waals surface area (Å²) in [6, 6.07) is 0.872. The second-order valence-corrected chi connectivity index (χ2v) is 5.07. The number of carbonyl (C=O) groups is 3. The van der Waals surface area contributed by atoms with E-state index in [1.54, 1.807) is 13.0 Å². The van der Waals surface area contributed by atoms with Gasteiger partial charge in [0, 0.05) is 25.4 Å². The summed E-state index contributed by atoms with van der Waals surface area (Å²) in [4.78, 5) is 40.4. The van der Waals surface area contributed by atoms with E-state index in [0.29, 0.717) is 12.1 Å². The second-order valence-electron chi connectivity index (χ2n) is 4.66. The number of piperidine rings is 1. The van der Waals surface area contributed by atoms with Crippen LogP contribution in [0.5, 0.6) is 0 Å². The van der Waals surface area contributed by atoms with Crippen LogP contribution in [0.3, 0.4) is 0 Å². The van der Waals surface area contributed by atoms with Gasteiger partial charge >= 0.3 is 0 Å². The maximum Gasteiger partial charge on any atom is 0.255 e. The third kappa shape index (κ3) is 2.80. The molecule has 2 rings (SSSR count). The molecule has 1 fully saturated rings. The number of aryl methyl sites for hydroxylation is 1. The Morgan fingerprint density at radius 1 is 1.50 bits per heavy atom. The van der Waals surface area contributed by atoms with E-state index in [-0.39, 0.29) is 22.9 Å². The Bertz CT molecular complexity index is 588. The Hall–Kier alpha value is -1.95. The van der Waals surface area contributed by atoms with E-state index >= 15 is 0 Å². The first-order valence-corrected chi connectivity index (χ1v) is 6.51. The topological polar surface area (TPSA) is 79.4 Å². The quantitative estimate of drug-likeness (QED) is 0.823. The zero-order valence-corrected chi connectivity index (χ0v) is 11.9. The van der Waals surface area contributed by atoms with Gasteiger partial charge in [-0.25, -0.2) is 0 Å². The molecule has 1 aromatic rings. The zero-order valence-electron chi connectivity index (χ0n) is 11.1. The van der Waals surface area contributed by atoms with E-state index in [1.807, 2.05) is 0 Å². The molecule has 7 heteroatoms. The molecular formula is C13H14ClN3O3. The summed E-state index contributed by atoms with van der Waals surface area (Å²) in [5.74, 6) is -1.12. The third-order valence-corrected chi connectivity index (χ3v) is 3.50. The Kier molecular flexibility index (Phi) is 4.04. The molecular weight excluding hydrogens is 282 g/mol. The summed E-state index contributed by atoms with van der Waals surface area (Å²) in [6.45, 7) is 1.76. The Morgan fingerprint density at radius 3 is 2.85 bits per heavy atom. The third-order valence-electron chi connectivity index (χ3n) is 3.19. The van der Waals surface area contributed by atoms with Gasteiger partial charge in [-0.1, -0.05) is 11.6 Å². The molecule has 1 N–H and O–H groups in total. The van der Waals surface area contributed by atoms with Crippen molar-refractivity contribution in [3.63, 3.8) is 0 Å². The van der Waals surface area contributed by atoms with Crippen molar-refractivity contribution in [2.24, 2.45) is 0 Å². The van der Waals surface area contributed by atoms with Crippen LogP contribution in [-0.4, -0.2) is 40.7 Å². The SMILES string of the molecule is Cc1cc(Cl)c(C(=O)NC2CCC(=O)N(C)C2=O)cn1. The number of amides is 3. The van der Waals surface area contributed by atoms with Crippen LogP contribution in [0, 0.1) is 6.92 Å². The fraction of sp³-hybridized carbons (Fsp3) is 0.385. The molecule has 0 radical (unpaired) electrons. The maximum atomic E-state index is 12.1. The van der Waals surface area contributed by atoms with Gasteiger partial charge in [0.15, 0.2) is 0 Å². The molecule has 0 aromatic carbocycles. The van der Waals surface area contributed by atoms with Crippen molar-refractivity contribution in [1.82, 2.24) is 15.2 Å². The first-order chi connectivity index (χ1) is 9.40. The molecule has 1 aliphatic rings. The number of imide groups is 1. The molecule has 20 heavy (non-hydrogen) atoms. The van der Waals surface area contributed by atoms with Crippen molar-refractivity contribution in [3.05, 3.63) is 28.5 Å². The normalized spacial score (nSPS) is 19.1. The molecule has 1 aliphatic heterocycles. The van der Waals surface area contributed by atoms with E-state index in [0.717, 1.165) is 4.90 Å². The van der Waals surface area contributed by atoms with Crippen molar-refractivity contribution >= 4 is 29.3 Å². The minimum Gasteiger partial charge on any atom is -0.340 e. The van der Waals surface area contributed by atoms with Crippen LogP contribution in [0.4, 0.5) is 0 Å². The highest BCUT2D eigenvalue weighted by molar-refractivity contribution is 6.33. The minimum atomic E-state index is -0.706. The van der Waals surface area contributed by atoms with Crippen LogP contribution < -0.4 is 5.32 Å². The van der Waals surface area contributed by atoms with Gasteiger partial charge in [-0.15, -0.1) is 0 Å². The molecule has 1 aromatic heterocycles. The highest BCUT2D eigenvalue weighted by atomic mass is 35.5. The van der Waals surface area contributed by atoms with E-state index in [4.69, 9.17) is 11.6 Å². The fourth-order valence-corrected chi connectivity index (χ4v) is 2.27. The maximum absolute atomic E-state index is 12.1. The van der Waals surface area contributed by atoms with Crippen LogP contribution in [0.15, 0.2) is 12.3 Å². The van der Waals surface area contributed by atoms with Gasteiger partial charge in [0.05, 0.1) is 10.6 Å². The van der Waals surface area contributed by atoms with Crippen molar-refractivity contribution in [2.75, 3.05) is 7.05 Å². The highest BCUT2D eigenvalue weighted by Gasteiger charge is 2.33. The number of nitrogens with one attached hydrogen (secondary N) is 1. The monoisotopic (exact) mass is 295 g/mol. The number of hydrogen-bond donors (Lipinski definition) is 1. The molecule has 3 amide bonds. The number of likely N-dealkylation sites (tertiary alicyclic amines) is 1. The first kappa shape index (κ1) is 14.5. The lowest BCUT2D eigenvalue weighted by Gasteiger charge is -2.28. The standard InChI is InChI=1S/C13H14ClN3O3/c1-7-5-9(14)8(6-15-7)12(19)16-10-3-4-11(18)17(2)13(10)20/h5-6,10H,3-4H2,1-2H3,(H,16,19). The van der Waals surface area contributed by atoms with Gasteiger partial charge in [-0.3, -0.25) is 24.3 Å². The average Bonchev–Trinajstić information content (AvgIpc) is 2.39. The molecule has 1 atom stereocenters. The van der Waals surface area contributed by atoms with Crippen LogP contribution in [0.2, 0.25) is 5.02 Å². The minimum absolute atomic E-state index is 0.213. The average molecular weight is 296 g/mol. The number of halogens is 1. The van der Waals surface area contributed by atoms with Gasteiger partial charge in [-0.2, -0.15) is 0 Å². The number of pyridine rings is 1. The smallest absolute Gasteiger partial charge is 0.255 e. The molecule has 2 heterocycles. The predicted octanol–water partition coefficient (Wildman–Crippen LogP) is 0.921. The van der Waals surface area contributed by atoms with Crippen molar-refractivity contribution in [3.8, 4) is 0 Å². The van der Waals surface area contributed by atoms with Gasteiger partial charge in [-0.05, 0) is 19.4 Å². The Labute approximate surface area is 121 Å². The van der Waals surface area contributed by atoms with Crippen LogP contribution >= 0.6 is 11.6 Å². The molecule has 106 valence electrons. The molecule has 6 nitrogen and oxygen atoms in total. The summed E-state index contributed by atoms with van der Waals surface area (Å²) >= 11 is 5.98. The largest absolute Gasteiger partial charge is 0.340 e. The summed E-state index contributed by atoms with van der Waals surface area (Å²) in [7, 11) is 1.41. The molecule has 0 saturated carbocycles. The van der Waals surface area contributed by atoms with Crippen LogP contribution in [-0.2, 0) is 9.59 Å². The molecule has 0 bridgehead atoms. The number of aromatic nitrogens is 1. The van der Waals surface area contributed by atoms with E-state index in [9.17, 15) is 14.4 Å². The van der Waals surface area contributed by atoms with Crippen molar-refractivity contribution < 1.29 is 14.4 Å². The number of hydrogen-bond acceptors (Lipinski definition) is 4. The Balaban J connectivity index is 2.12. The fourth-order valence-electron chi connectivity index (χ4n) is 1.98. The lowest BCUT2D eigenvalue weighted by Crippen LogP contribution is -2.52. The number of nitrogens with zero attached hydrogens (tertiary/aromatic N) is 2. The van der Waals surface area contributed by atoms with Crippen LogP contribution in [0.1, 0.15) is 28.9 Å². The number of rotatable bonds is 2. The number of likely N-dealkylation sites (N-methyl/N-ethyl adjacent to an activating group) is 1. The van der Waals surface area contributed by atoms with E-state index in [2.05, 4.69) is 10.3 Å². The van der Waals surface area contributed by atoms with Crippen molar-refractivity contribution in [1.29, 1.82) is 0 Å².